The quantitative estimate of drug-likeness (QED) is 0.297. The van der Waals surface area contributed by atoms with Crippen molar-refractivity contribution in [1.82, 2.24) is 14.7 Å². The Morgan fingerprint density at radius 3 is 2.46 bits per heavy atom. The molecule has 0 amide bonds. The maximum atomic E-state index is 12.3. The van der Waals surface area contributed by atoms with Crippen LogP contribution in [0.4, 0.5) is 18.9 Å². The van der Waals surface area contributed by atoms with Crippen LogP contribution in [-0.4, -0.2) is 28.7 Å². The molecule has 2 aromatic rings. The number of aromatic nitrogens is 2. The predicted molar refractivity (Wildman–Crippen MR) is 134 cm³/mol. The van der Waals surface area contributed by atoms with Crippen LogP contribution in [0.25, 0.3) is 0 Å². The molecule has 4 rings (SSSR count). The first-order valence-electron chi connectivity index (χ1n) is 11.9. The van der Waals surface area contributed by atoms with E-state index in [-0.39, 0.29) is 5.92 Å². The molecule has 188 valence electrons. The van der Waals surface area contributed by atoms with Crippen molar-refractivity contribution < 1.29 is 13.2 Å². The second-order valence-electron chi connectivity index (χ2n) is 8.88. The van der Waals surface area contributed by atoms with E-state index in [0.717, 1.165) is 60.3 Å². The Balaban J connectivity index is 0.00000167. The largest absolute Gasteiger partial charge is 0.402 e. The minimum atomic E-state index is -4.25. The summed E-state index contributed by atoms with van der Waals surface area (Å²) in [7, 11) is 0. The number of anilines is 1. The lowest BCUT2D eigenvalue weighted by Crippen LogP contribution is -2.34. The van der Waals surface area contributed by atoms with Gasteiger partial charge < -0.3 is 4.90 Å². The highest BCUT2D eigenvalue weighted by atomic mass is 32.2. The maximum Gasteiger partial charge on any atom is 0.402 e. The monoisotopic (exact) mass is 503 g/mol. The Morgan fingerprint density at radius 2 is 1.89 bits per heavy atom. The van der Waals surface area contributed by atoms with Gasteiger partial charge in [0.05, 0.1) is 36.1 Å². The third-order valence-corrected chi connectivity index (χ3v) is 7.02. The van der Waals surface area contributed by atoms with Crippen molar-refractivity contribution >= 4 is 17.6 Å². The molecular weight excluding hydrogens is 471 g/mol. The zero-order chi connectivity index (χ0) is 25.4. The minimum absolute atomic E-state index is 0.240. The lowest BCUT2D eigenvalue weighted by atomic mass is 9.98. The predicted octanol–water partition coefficient (Wildman–Crippen LogP) is 6.89. The summed E-state index contributed by atoms with van der Waals surface area (Å²) in [5.74, 6) is 0.275. The van der Waals surface area contributed by atoms with Gasteiger partial charge in [0.2, 0.25) is 0 Å². The van der Waals surface area contributed by atoms with Crippen LogP contribution in [0, 0.1) is 11.3 Å². The lowest BCUT2D eigenvalue weighted by Gasteiger charge is -2.33. The number of pyridine rings is 2. The molecule has 35 heavy (non-hydrogen) atoms. The summed E-state index contributed by atoms with van der Waals surface area (Å²) < 4.78 is 39.3. The Labute approximate surface area is 210 Å². The van der Waals surface area contributed by atoms with Gasteiger partial charge >= 0.3 is 6.18 Å². The first-order valence-corrected chi connectivity index (χ1v) is 12.7. The molecule has 0 bridgehead atoms. The molecule has 0 aliphatic heterocycles. The average Bonchev–Trinajstić information content (AvgIpc) is 3.57. The fraction of sp³-hybridized carbons (Fsp3) is 0.500. The van der Waals surface area contributed by atoms with Crippen LogP contribution in [0.15, 0.2) is 48.6 Å². The van der Waals surface area contributed by atoms with Crippen LogP contribution in [0.5, 0.6) is 0 Å². The maximum absolute atomic E-state index is 12.3. The van der Waals surface area contributed by atoms with Gasteiger partial charge in [-0.05, 0) is 68.3 Å². The van der Waals surface area contributed by atoms with Crippen molar-refractivity contribution in [3.63, 3.8) is 0 Å². The minimum Gasteiger partial charge on any atom is -0.361 e. The molecule has 1 atom stereocenters. The van der Waals surface area contributed by atoms with E-state index >= 15 is 0 Å². The molecule has 0 spiro atoms. The van der Waals surface area contributed by atoms with Gasteiger partial charge in [-0.2, -0.15) is 18.4 Å². The molecular formula is C26H32F3N5S. The molecule has 2 fully saturated rings. The van der Waals surface area contributed by atoms with E-state index in [1.807, 2.05) is 19.2 Å². The van der Waals surface area contributed by atoms with E-state index in [9.17, 15) is 18.4 Å². The van der Waals surface area contributed by atoms with Crippen molar-refractivity contribution in [2.75, 3.05) is 11.4 Å². The van der Waals surface area contributed by atoms with Crippen LogP contribution in [0.2, 0.25) is 0 Å². The number of hydrogen-bond donors (Lipinski definition) is 1. The van der Waals surface area contributed by atoms with Gasteiger partial charge in [-0.25, -0.2) is 0 Å². The lowest BCUT2D eigenvalue weighted by molar-refractivity contribution is -0.120. The molecule has 2 saturated carbocycles. The highest BCUT2D eigenvalue weighted by Gasteiger charge is 2.30. The van der Waals surface area contributed by atoms with Crippen molar-refractivity contribution in [2.24, 2.45) is 0 Å². The molecule has 2 aliphatic rings. The van der Waals surface area contributed by atoms with E-state index in [1.54, 1.807) is 12.3 Å². The van der Waals surface area contributed by atoms with E-state index in [0.29, 0.717) is 23.4 Å². The smallest absolute Gasteiger partial charge is 0.361 e. The summed E-state index contributed by atoms with van der Waals surface area (Å²) in [5, 5.41) is 9.67. The topological polar surface area (TPSA) is 64.8 Å². The molecule has 2 heterocycles. The van der Waals surface area contributed by atoms with Crippen LogP contribution in [-0.2, 0) is 6.54 Å². The van der Waals surface area contributed by atoms with Crippen molar-refractivity contribution in [3.8, 4) is 6.07 Å². The molecule has 1 N–H and O–H groups in total. The van der Waals surface area contributed by atoms with Gasteiger partial charge in [0.1, 0.15) is 6.54 Å². The third kappa shape index (κ3) is 7.71. The van der Waals surface area contributed by atoms with E-state index < -0.39 is 12.7 Å². The van der Waals surface area contributed by atoms with Gasteiger partial charge in [0, 0.05) is 28.7 Å². The third-order valence-electron chi connectivity index (χ3n) is 6.26. The van der Waals surface area contributed by atoms with Crippen LogP contribution >= 0.6 is 11.9 Å². The zero-order valence-corrected chi connectivity index (χ0v) is 20.8. The van der Waals surface area contributed by atoms with Gasteiger partial charge in [0.15, 0.2) is 0 Å². The molecule has 1 unspecified atom stereocenters. The molecule has 9 heteroatoms. The Morgan fingerprint density at radius 1 is 1.17 bits per heavy atom. The van der Waals surface area contributed by atoms with Crippen LogP contribution in [0.1, 0.15) is 74.2 Å². The molecule has 0 radical (unpaired) electrons. The summed E-state index contributed by atoms with van der Waals surface area (Å²) in [4.78, 5) is 12.2. The Bertz CT molecular complexity index is 996. The number of alkyl halides is 3. The summed E-state index contributed by atoms with van der Waals surface area (Å²) in [5.41, 5.74) is 3.93. The van der Waals surface area contributed by atoms with Crippen molar-refractivity contribution in [2.45, 2.75) is 80.9 Å². The first-order chi connectivity index (χ1) is 16.8. The van der Waals surface area contributed by atoms with Gasteiger partial charge in [0.25, 0.3) is 0 Å². The highest BCUT2D eigenvalue weighted by molar-refractivity contribution is 7.97. The molecule has 0 aromatic carbocycles. The second kappa shape index (κ2) is 12.4. The normalized spacial score (nSPS) is 16.8. The summed E-state index contributed by atoms with van der Waals surface area (Å²) >= 11 is 0.924. The van der Waals surface area contributed by atoms with Gasteiger partial charge in [-0.15, -0.1) is 13.2 Å². The van der Waals surface area contributed by atoms with Gasteiger partial charge in [-0.3, -0.25) is 14.7 Å². The highest BCUT2D eigenvalue weighted by Crippen LogP contribution is 2.42. The summed E-state index contributed by atoms with van der Waals surface area (Å²) in [6, 6.07) is 8.51. The molecule has 2 aromatic heterocycles. The first kappa shape index (κ1) is 27.0. The van der Waals surface area contributed by atoms with Gasteiger partial charge in [-0.1, -0.05) is 12.8 Å². The van der Waals surface area contributed by atoms with Crippen molar-refractivity contribution in [3.05, 3.63) is 60.7 Å². The number of hydrogen-bond acceptors (Lipinski definition) is 6. The van der Waals surface area contributed by atoms with E-state index in [1.165, 1.54) is 12.8 Å². The average molecular weight is 504 g/mol. The van der Waals surface area contributed by atoms with E-state index in [2.05, 4.69) is 39.9 Å². The van der Waals surface area contributed by atoms with E-state index in [4.69, 9.17) is 4.98 Å². The number of rotatable bonds is 9. The molecule has 0 saturated heterocycles. The van der Waals surface area contributed by atoms with Crippen LogP contribution in [0.3, 0.4) is 0 Å². The van der Waals surface area contributed by atoms with Crippen molar-refractivity contribution in [1.29, 1.82) is 5.26 Å². The standard InChI is InChI=1S/C24H28F3N5S.C2H4/c1-16(11-28)21-10-22(17-6-7-17)30-13-23(21)32(19-4-2-3-5-19)14-18-8-9-20(12-29-18)33-31-15-24(25,26)27;1-2/h8-10,12-13,16-17,19,31H,2-7,14-15H2,1H3;1-2H2. The fourth-order valence-corrected chi connectivity index (χ4v) is 4.95. The zero-order valence-electron chi connectivity index (χ0n) is 20.0. The summed E-state index contributed by atoms with van der Waals surface area (Å²) in [6.45, 7) is 7.44. The molecule has 5 nitrogen and oxygen atoms in total. The number of nitriles is 1. The Kier molecular flexibility index (Phi) is 9.58. The second-order valence-corrected chi connectivity index (χ2v) is 9.85. The summed E-state index contributed by atoms with van der Waals surface area (Å²) in [6.07, 6.45) is 6.11. The fourth-order valence-electron chi connectivity index (χ4n) is 4.31. The Hall–Kier alpha value is -2.57. The number of nitrogens with zero attached hydrogens (tertiary/aromatic N) is 4. The number of halogens is 3. The SMILES string of the molecule is C=C.CC(C#N)c1cc(C2CC2)ncc1N(Cc1ccc(SNCC(F)(F)F)cn1)C1CCCC1. The van der Waals surface area contributed by atoms with Crippen LogP contribution < -0.4 is 9.62 Å². The molecule has 2 aliphatic carbocycles. The number of nitrogens with one attached hydrogen (secondary N) is 1.